The zero-order valence-electron chi connectivity index (χ0n) is 20.1. The fourth-order valence-electron chi connectivity index (χ4n) is 3.90. The molecule has 4 nitrogen and oxygen atoms in total. The molecule has 1 N–H and O–H groups in total. The summed E-state index contributed by atoms with van der Waals surface area (Å²) in [5, 5.41) is 3.88. The average Bonchev–Trinajstić information content (AvgIpc) is 3.33. The summed E-state index contributed by atoms with van der Waals surface area (Å²) in [5.41, 5.74) is 6.47. The highest BCUT2D eigenvalue weighted by Gasteiger charge is 2.18. The zero-order valence-corrected chi connectivity index (χ0v) is 20.8. The van der Waals surface area contributed by atoms with Gasteiger partial charge in [-0.1, -0.05) is 60.7 Å². The summed E-state index contributed by atoms with van der Waals surface area (Å²) in [6.07, 6.45) is 6.50. The summed E-state index contributed by atoms with van der Waals surface area (Å²) in [4.78, 5) is 4.51. The van der Waals surface area contributed by atoms with Crippen molar-refractivity contribution in [3.63, 3.8) is 0 Å². The van der Waals surface area contributed by atoms with Crippen LogP contribution in [0, 0.1) is 6.92 Å². The molecule has 35 heavy (non-hydrogen) atoms. The van der Waals surface area contributed by atoms with Crippen molar-refractivity contribution < 1.29 is 9.47 Å². The molecule has 0 saturated heterocycles. The van der Waals surface area contributed by atoms with Gasteiger partial charge in [0.15, 0.2) is 0 Å². The predicted octanol–water partition coefficient (Wildman–Crippen LogP) is 8.35. The summed E-state index contributed by atoms with van der Waals surface area (Å²) in [5.74, 6) is 1.47. The van der Waals surface area contributed by atoms with Gasteiger partial charge in [-0.15, -0.1) is 0 Å². The number of aryl methyl sites for hydroxylation is 1. The Hall–Kier alpha value is -3.76. The van der Waals surface area contributed by atoms with Crippen LogP contribution in [0.15, 0.2) is 91.0 Å². The van der Waals surface area contributed by atoms with E-state index >= 15 is 0 Å². The van der Waals surface area contributed by atoms with E-state index in [4.69, 9.17) is 21.1 Å². The second-order valence-corrected chi connectivity index (χ2v) is 8.75. The van der Waals surface area contributed by atoms with Crippen LogP contribution in [0.5, 0.6) is 5.75 Å². The summed E-state index contributed by atoms with van der Waals surface area (Å²) < 4.78 is 11.9. The van der Waals surface area contributed by atoms with Gasteiger partial charge < -0.3 is 14.8 Å². The van der Waals surface area contributed by atoms with E-state index in [1.54, 1.807) is 6.21 Å². The molecule has 5 heteroatoms. The Labute approximate surface area is 212 Å². The highest BCUT2D eigenvalue weighted by Crippen LogP contribution is 2.35. The number of nitrogens with zero attached hydrogens (tertiary/aromatic N) is 1. The number of ether oxygens (including phenoxy) is 2. The van der Waals surface area contributed by atoms with Gasteiger partial charge in [-0.2, -0.15) is 0 Å². The van der Waals surface area contributed by atoms with Crippen molar-refractivity contribution in [1.82, 2.24) is 0 Å². The molecule has 0 spiro atoms. The lowest BCUT2D eigenvalue weighted by Gasteiger charge is -2.16. The Bertz CT molecular complexity index is 1310. The molecule has 0 fully saturated rings. The van der Waals surface area contributed by atoms with Gasteiger partial charge in [0.05, 0.1) is 10.7 Å². The molecule has 3 aromatic rings. The number of benzene rings is 3. The first kappa shape index (κ1) is 24.4. The third kappa shape index (κ3) is 6.03. The second kappa shape index (κ2) is 11.1. The minimum atomic E-state index is 0.0110. The Balaban J connectivity index is 1.50. The number of rotatable bonds is 9. The van der Waals surface area contributed by atoms with Crippen molar-refractivity contribution >= 4 is 40.6 Å². The van der Waals surface area contributed by atoms with Crippen LogP contribution in [-0.4, -0.2) is 12.3 Å². The van der Waals surface area contributed by atoms with Crippen LogP contribution in [0.25, 0.3) is 11.5 Å². The number of anilines is 1. The standard InChI is InChI=1S/C30H29ClN2O2/c1-5-25-12-15-29(35-25)23-10-13-28(32-6-2)26(17-23)21(4)33-24-11-14-30(27(31)18-24)34-19-22-9-7-8-20(3)16-22/h5-11,13-18,25,33H,1,4,12,19H2,2-3H3. The van der Waals surface area contributed by atoms with Crippen LogP contribution in [-0.2, 0) is 11.3 Å². The number of nitrogens with one attached hydrogen (secondary N) is 1. The molecule has 0 bridgehead atoms. The third-order valence-electron chi connectivity index (χ3n) is 5.66. The van der Waals surface area contributed by atoms with Crippen molar-refractivity contribution in [3.05, 3.63) is 113 Å². The average molecular weight is 485 g/mol. The van der Waals surface area contributed by atoms with E-state index in [1.165, 1.54) is 5.56 Å². The molecule has 178 valence electrons. The maximum Gasteiger partial charge on any atom is 0.138 e. The van der Waals surface area contributed by atoms with Crippen LogP contribution < -0.4 is 10.1 Å². The van der Waals surface area contributed by atoms with Gasteiger partial charge in [0.2, 0.25) is 0 Å². The Morgan fingerprint density at radius 1 is 1.20 bits per heavy atom. The maximum atomic E-state index is 6.53. The molecule has 3 aromatic carbocycles. The van der Waals surface area contributed by atoms with Gasteiger partial charge in [-0.25, -0.2) is 0 Å². The van der Waals surface area contributed by atoms with Gasteiger partial charge >= 0.3 is 0 Å². The molecule has 0 aromatic heterocycles. The van der Waals surface area contributed by atoms with Crippen molar-refractivity contribution in [2.45, 2.75) is 33.0 Å². The SMILES string of the molecule is C=CC1CC=C(c2ccc(N=CC)c(C(=C)Nc3ccc(OCc4cccc(C)c4)c(Cl)c3)c2)O1. The van der Waals surface area contributed by atoms with Gasteiger partial charge in [-0.05, 0) is 61.9 Å². The zero-order chi connectivity index (χ0) is 24.8. The minimum Gasteiger partial charge on any atom is -0.487 e. The van der Waals surface area contributed by atoms with Gasteiger partial charge in [-0.3, -0.25) is 4.99 Å². The normalized spacial score (nSPS) is 14.9. The molecule has 0 saturated carbocycles. The first-order valence-corrected chi connectivity index (χ1v) is 11.9. The predicted molar refractivity (Wildman–Crippen MR) is 148 cm³/mol. The first-order valence-electron chi connectivity index (χ1n) is 11.5. The largest absolute Gasteiger partial charge is 0.487 e. The van der Waals surface area contributed by atoms with Crippen molar-refractivity contribution in [2.75, 3.05) is 5.32 Å². The lowest BCUT2D eigenvalue weighted by molar-refractivity contribution is 0.238. The van der Waals surface area contributed by atoms with E-state index in [1.807, 2.05) is 61.5 Å². The summed E-state index contributed by atoms with van der Waals surface area (Å²) in [7, 11) is 0. The van der Waals surface area contributed by atoms with Crippen LogP contribution >= 0.6 is 11.6 Å². The monoisotopic (exact) mass is 484 g/mol. The number of halogens is 1. The number of hydrogen-bond acceptors (Lipinski definition) is 4. The molecule has 1 aliphatic rings. The highest BCUT2D eigenvalue weighted by atomic mass is 35.5. The van der Waals surface area contributed by atoms with Crippen molar-refractivity contribution in [1.29, 1.82) is 0 Å². The van der Waals surface area contributed by atoms with E-state index in [0.29, 0.717) is 23.1 Å². The Morgan fingerprint density at radius 2 is 2.06 bits per heavy atom. The van der Waals surface area contributed by atoms with Crippen molar-refractivity contribution in [3.8, 4) is 5.75 Å². The van der Waals surface area contributed by atoms with Crippen LogP contribution in [0.2, 0.25) is 5.02 Å². The molecule has 1 heterocycles. The third-order valence-corrected chi connectivity index (χ3v) is 5.95. The van der Waals surface area contributed by atoms with Gasteiger partial charge in [0.25, 0.3) is 0 Å². The van der Waals surface area contributed by atoms with E-state index < -0.39 is 0 Å². The summed E-state index contributed by atoms with van der Waals surface area (Å²) in [6.45, 7) is 12.5. The maximum absolute atomic E-state index is 6.53. The fraction of sp³-hybridized carbons (Fsp3) is 0.167. The van der Waals surface area contributed by atoms with Gasteiger partial charge in [0, 0.05) is 35.1 Å². The topological polar surface area (TPSA) is 42.9 Å². The number of hydrogen-bond donors (Lipinski definition) is 1. The number of aliphatic imine (C=N–C) groups is 1. The quantitative estimate of drug-likeness (QED) is 0.245. The molecule has 1 aliphatic heterocycles. The smallest absolute Gasteiger partial charge is 0.138 e. The Kier molecular flexibility index (Phi) is 7.74. The Morgan fingerprint density at radius 3 is 2.77 bits per heavy atom. The molecular weight excluding hydrogens is 456 g/mol. The van der Waals surface area contributed by atoms with Gasteiger partial charge in [0.1, 0.15) is 24.2 Å². The first-order chi connectivity index (χ1) is 17.0. The second-order valence-electron chi connectivity index (χ2n) is 8.34. The van der Waals surface area contributed by atoms with E-state index in [-0.39, 0.29) is 6.10 Å². The fourth-order valence-corrected chi connectivity index (χ4v) is 4.13. The van der Waals surface area contributed by atoms with E-state index in [9.17, 15) is 0 Å². The molecule has 4 rings (SSSR count). The van der Waals surface area contributed by atoms with Crippen molar-refractivity contribution in [2.24, 2.45) is 4.99 Å². The highest BCUT2D eigenvalue weighted by molar-refractivity contribution is 6.32. The van der Waals surface area contributed by atoms with Crippen LogP contribution in [0.1, 0.15) is 35.6 Å². The molecule has 0 amide bonds. The molecule has 0 radical (unpaired) electrons. The van der Waals surface area contributed by atoms with E-state index in [0.717, 1.165) is 40.2 Å². The summed E-state index contributed by atoms with van der Waals surface area (Å²) >= 11 is 6.53. The van der Waals surface area contributed by atoms with E-state index in [2.05, 4.69) is 48.6 Å². The lowest BCUT2D eigenvalue weighted by atomic mass is 10.0. The molecule has 1 atom stereocenters. The molecule has 1 unspecified atom stereocenters. The summed E-state index contributed by atoms with van der Waals surface area (Å²) in [6, 6.07) is 19.9. The van der Waals surface area contributed by atoms with Crippen LogP contribution in [0.3, 0.4) is 0 Å². The van der Waals surface area contributed by atoms with Crippen LogP contribution in [0.4, 0.5) is 11.4 Å². The lowest BCUT2D eigenvalue weighted by Crippen LogP contribution is -2.02. The molecular formula is C30H29ClN2O2. The molecule has 0 aliphatic carbocycles. The minimum absolute atomic E-state index is 0.0110.